The first kappa shape index (κ1) is 21.9. The number of hydrogen-bond acceptors (Lipinski definition) is 6. The molecule has 1 saturated carbocycles. The van der Waals surface area contributed by atoms with Crippen molar-refractivity contribution in [2.45, 2.75) is 75.4 Å². The third kappa shape index (κ3) is 2.65. The van der Waals surface area contributed by atoms with E-state index < -0.39 is 17.8 Å². The van der Waals surface area contributed by atoms with Crippen LogP contribution in [-0.4, -0.2) is 74.1 Å². The van der Waals surface area contributed by atoms with Gasteiger partial charge in [-0.25, -0.2) is 0 Å². The number of rotatable bonds is 2. The van der Waals surface area contributed by atoms with Gasteiger partial charge in [0.15, 0.2) is 0 Å². The Morgan fingerprint density at radius 3 is 2.74 bits per heavy atom. The largest absolute Gasteiger partial charge is 0.388 e. The van der Waals surface area contributed by atoms with Gasteiger partial charge in [0.05, 0.1) is 17.3 Å². The summed E-state index contributed by atoms with van der Waals surface area (Å²) in [5.74, 6) is 0.329. The van der Waals surface area contributed by atoms with Crippen LogP contribution < -0.4 is 0 Å². The molecule has 3 aliphatic carbocycles. The molecule has 2 bridgehead atoms. The molecule has 1 saturated heterocycles. The van der Waals surface area contributed by atoms with Gasteiger partial charge < -0.3 is 19.8 Å². The zero-order chi connectivity index (χ0) is 24.3. The van der Waals surface area contributed by atoms with Crippen molar-refractivity contribution < 1.29 is 14.9 Å². The summed E-state index contributed by atoms with van der Waals surface area (Å²) in [4.78, 5) is 2.03. The second kappa shape index (κ2) is 6.91. The van der Waals surface area contributed by atoms with Crippen molar-refractivity contribution in [1.82, 2.24) is 20.3 Å². The summed E-state index contributed by atoms with van der Waals surface area (Å²) in [6, 6.07) is 6.24. The maximum atomic E-state index is 11.2. The number of benzene rings is 1. The molecule has 2 spiro atoms. The van der Waals surface area contributed by atoms with E-state index in [9.17, 15) is 10.2 Å². The van der Waals surface area contributed by atoms with Crippen molar-refractivity contribution in [1.29, 1.82) is 0 Å². The molecule has 7 rings (SSSR count). The maximum Gasteiger partial charge on any atom is 0.113 e. The number of ether oxygens (including phenoxy) is 1. The number of allylic oxidation sites excluding steroid dienone is 3. The van der Waals surface area contributed by atoms with Crippen LogP contribution in [0.25, 0.3) is 16.6 Å². The van der Waals surface area contributed by atoms with E-state index in [1.54, 1.807) is 0 Å². The van der Waals surface area contributed by atoms with Crippen molar-refractivity contribution in [2.75, 3.05) is 14.1 Å². The Morgan fingerprint density at radius 1 is 1.14 bits per heavy atom. The van der Waals surface area contributed by atoms with E-state index in [1.165, 1.54) is 22.3 Å². The molecule has 1 aromatic carbocycles. The standard InChI is InChI=1S/C28H34N4O3/c1-15-13-26(2)17(16-5-7-20-21(11-16)30-31-29-20)6-8-23(26)28-10-9-27(35-28)14-22(32(3)4)25(34)24(33)19(27)12-18(15)28/h5-7,11-12,22-25,33-34H,8-10,13-14H2,1-4H3,(H,29,30,31)/t22-,23?,24+,25+,26+,27+,28+/m0/s1. The van der Waals surface area contributed by atoms with E-state index in [1.807, 2.05) is 25.1 Å². The third-order valence-corrected chi connectivity index (χ3v) is 10.0. The number of nitrogens with zero attached hydrogens (tertiary/aromatic N) is 3. The van der Waals surface area contributed by atoms with Crippen LogP contribution in [0, 0.1) is 11.3 Å². The Morgan fingerprint density at radius 2 is 1.94 bits per heavy atom. The van der Waals surface area contributed by atoms with E-state index >= 15 is 0 Å². The molecule has 7 heteroatoms. The normalized spacial score (nSPS) is 42.1. The Labute approximate surface area is 205 Å². The number of fused-ring (bicyclic) bond motifs is 2. The minimum absolute atomic E-state index is 0.0460. The Balaban J connectivity index is 1.34. The summed E-state index contributed by atoms with van der Waals surface area (Å²) in [7, 11) is 3.96. The van der Waals surface area contributed by atoms with Gasteiger partial charge in [-0.2, -0.15) is 15.4 Å². The molecule has 184 valence electrons. The Kier molecular flexibility index (Phi) is 4.33. The highest BCUT2D eigenvalue weighted by atomic mass is 16.5. The first-order valence-electron chi connectivity index (χ1n) is 12.9. The predicted molar refractivity (Wildman–Crippen MR) is 133 cm³/mol. The SMILES string of the molecule is CC1=C2C=C3[C@@H](O)[C@H](O)[C@@H](N(C)C)C[C@]34CC[C@]2(O4)C2CC=C(c3ccc4n[nH]nc4c3)[C@@]2(C)C1. The maximum absolute atomic E-state index is 11.2. The molecular formula is C28H34N4O3. The number of H-pyrrole nitrogens is 1. The highest BCUT2D eigenvalue weighted by Crippen LogP contribution is 2.68. The summed E-state index contributed by atoms with van der Waals surface area (Å²) < 4.78 is 7.29. The lowest BCUT2D eigenvalue weighted by Gasteiger charge is -2.56. The number of hydrogen-bond donors (Lipinski definition) is 3. The van der Waals surface area contributed by atoms with Gasteiger partial charge in [0.25, 0.3) is 0 Å². The second-order valence-electron chi connectivity index (χ2n) is 12.0. The molecule has 35 heavy (non-hydrogen) atoms. The topological polar surface area (TPSA) is 94.5 Å². The van der Waals surface area contributed by atoms with E-state index in [0.717, 1.165) is 42.3 Å². The van der Waals surface area contributed by atoms with Gasteiger partial charge in [-0.05, 0) is 87.5 Å². The summed E-state index contributed by atoms with van der Waals surface area (Å²) in [6.07, 6.45) is 7.43. The fourth-order valence-corrected chi connectivity index (χ4v) is 8.46. The van der Waals surface area contributed by atoms with Crippen molar-refractivity contribution in [2.24, 2.45) is 11.3 Å². The van der Waals surface area contributed by atoms with Gasteiger partial charge in [0.1, 0.15) is 17.1 Å². The van der Waals surface area contributed by atoms with Gasteiger partial charge in [0, 0.05) is 17.4 Å². The smallest absolute Gasteiger partial charge is 0.113 e. The molecule has 7 nitrogen and oxygen atoms in total. The predicted octanol–water partition coefficient (Wildman–Crippen LogP) is 3.37. The fraction of sp³-hybridized carbons (Fsp3) is 0.571. The Hall–Kier alpha value is -2.32. The minimum Gasteiger partial charge on any atom is -0.388 e. The number of nitrogens with one attached hydrogen (secondary N) is 1. The summed E-state index contributed by atoms with van der Waals surface area (Å²) >= 11 is 0. The highest BCUT2D eigenvalue weighted by Gasteiger charge is 2.68. The van der Waals surface area contributed by atoms with Crippen LogP contribution in [0.15, 0.2) is 47.1 Å². The molecule has 2 aliphatic heterocycles. The lowest BCUT2D eigenvalue weighted by atomic mass is 9.56. The van der Waals surface area contributed by atoms with Crippen LogP contribution in [0.1, 0.15) is 51.5 Å². The van der Waals surface area contributed by atoms with Gasteiger partial charge >= 0.3 is 0 Å². The van der Waals surface area contributed by atoms with Crippen LogP contribution in [0.4, 0.5) is 0 Å². The first-order chi connectivity index (χ1) is 16.7. The molecule has 1 aromatic heterocycles. The quantitative estimate of drug-likeness (QED) is 0.618. The molecule has 2 aromatic rings. The second-order valence-corrected chi connectivity index (χ2v) is 12.0. The van der Waals surface area contributed by atoms with E-state index in [2.05, 4.69) is 53.5 Å². The molecule has 3 N–H and O–H groups in total. The van der Waals surface area contributed by atoms with Gasteiger partial charge in [-0.1, -0.05) is 30.7 Å². The summed E-state index contributed by atoms with van der Waals surface area (Å²) in [6.45, 7) is 4.64. The highest BCUT2D eigenvalue weighted by molar-refractivity contribution is 5.83. The van der Waals surface area contributed by atoms with Crippen molar-refractivity contribution in [3.63, 3.8) is 0 Å². The number of likely N-dealkylation sites (N-methyl/N-ethyl adjacent to an activating group) is 1. The lowest BCUT2D eigenvalue weighted by Crippen LogP contribution is -2.62. The average molecular weight is 475 g/mol. The molecule has 5 aliphatic rings. The summed E-state index contributed by atoms with van der Waals surface area (Å²) in [5.41, 5.74) is 6.94. The van der Waals surface area contributed by atoms with E-state index in [0.29, 0.717) is 12.3 Å². The van der Waals surface area contributed by atoms with Gasteiger partial charge in [-0.3, -0.25) is 0 Å². The average Bonchev–Trinajstić information content (AvgIpc) is 3.50. The monoisotopic (exact) mass is 474 g/mol. The molecule has 2 fully saturated rings. The van der Waals surface area contributed by atoms with Crippen molar-refractivity contribution in [3.8, 4) is 0 Å². The third-order valence-electron chi connectivity index (χ3n) is 10.0. The molecule has 7 atom stereocenters. The van der Waals surface area contributed by atoms with Crippen molar-refractivity contribution in [3.05, 3.63) is 52.6 Å². The van der Waals surface area contributed by atoms with E-state index in [-0.39, 0.29) is 17.1 Å². The zero-order valence-electron chi connectivity index (χ0n) is 20.9. The fourth-order valence-electron chi connectivity index (χ4n) is 8.46. The number of aliphatic hydroxyl groups is 2. The van der Waals surface area contributed by atoms with E-state index in [4.69, 9.17) is 4.74 Å². The van der Waals surface area contributed by atoms with Crippen LogP contribution >= 0.6 is 0 Å². The minimum atomic E-state index is -0.896. The molecular weight excluding hydrogens is 440 g/mol. The number of aliphatic hydroxyl groups excluding tert-OH is 2. The van der Waals surface area contributed by atoms with Gasteiger partial charge in [-0.15, -0.1) is 0 Å². The van der Waals surface area contributed by atoms with Crippen LogP contribution in [0.3, 0.4) is 0 Å². The molecule has 0 amide bonds. The molecule has 0 radical (unpaired) electrons. The van der Waals surface area contributed by atoms with Crippen LogP contribution in [0.5, 0.6) is 0 Å². The molecule has 3 heterocycles. The molecule has 1 unspecified atom stereocenters. The van der Waals surface area contributed by atoms with Crippen LogP contribution in [-0.2, 0) is 4.74 Å². The zero-order valence-corrected chi connectivity index (χ0v) is 20.9. The number of aromatic amines is 1. The van der Waals surface area contributed by atoms with Crippen LogP contribution in [0.2, 0.25) is 0 Å². The van der Waals surface area contributed by atoms with Gasteiger partial charge in [0.2, 0.25) is 0 Å². The lowest BCUT2D eigenvalue weighted by molar-refractivity contribution is -0.162. The number of aromatic nitrogens is 3. The van der Waals surface area contributed by atoms with Crippen molar-refractivity contribution >= 4 is 16.6 Å². The summed E-state index contributed by atoms with van der Waals surface area (Å²) in [5, 5.41) is 33.4. The Bertz CT molecular complexity index is 1340. The first-order valence-corrected chi connectivity index (χ1v) is 12.9.